The molecule has 3 aromatic rings. The number of hydrogen-bond donors (Lipinski definition) is 1. The minimum atomic E-state index is -0.00268. The Kier molecular flexibility index (Phi) is 4.64. The highest BCUT2D eigenvalue weighted by atomic mass is 32.1. The number of para-hydroxylation sites is 1. The lowest BCUT2D eigenvalue weighted by Crippen LogP contribution is -2.40. The van der Waals surface area contributed by atoms with Crippen molar-refractivity contribution in [3.8, 4) is 0 Å². The Morgan fingerprint density at radius 1 is 1.23 bits per heavy atom. The predicted octanol–water partition coefficient (Wildman–Crippen LogP) is 4.77. The van der Waals surface area contributed by atoms with Gasteiger partial charge in [-0.25, -0.2) is 4.98 Å². The zero-order valence-electron chi connectivity index (χ0n) is 15.2. The van der Waals surface area contributed by atoms with Crippen LogP contribution in [-0.4, -0.2) is 24.0 Å². The van der Waals surface area contributed by atoms with Gasteiger partial charge in [0.05, 0.1) is 16.1 Å². The number of aromatic nitrogens is 1. The van der Waals surface area contributed by atoms with Crippen LogP contribution in [0.5, 0.6) is 0 Å². The molecule has 5 heteroatoms. The van der Waals surface area contributed by atoms with Gasteiger partial charge in [-0.1, -0.05) is 35.6 Å². The minimum absolute atomic E-state index is 0.00268. The van der Waals surface area contributed by atoms with E-state index in [0.29, 0.717) is 0 Å². The van der Waals surface area contributed by atoms with Gasteiger partial charge in [-0.05, 0) is 56.0 Å². The van der Waals surface area contributed by atoms with E-state index in [-0.39, 0.29) is 11.8 Å². The smallest absolute Gasteiger partial charge is 0.229 e. The maximum Gasteiger partial charge on any atom is 0.229 e. The van der Waals surface area contributed by atoms with E-state index in [1.807, 2.05) is 31.2 Å². The van der Waals surface area contributed by atoms with Crippen LogP contribution in [0.1, 0.15) is 24.0 Å². The molecular formula is C21H23N3OS. The van der Waals surface area contributed by atoms with Gasteiger partial charge in [0.2, 0.25) is 5.91 Å². The molecule has 0 spiro atoms. The second-order valence-electron chi connectivity index (χ2n) is 7.06. The summed E-state index contributed by atoms with van der Waals surface area (Å²) in [6, 6.07) is 14.3. The van der Waals surface area contributed by atoms with Crippen molar-refractivity contribution in [2.24, 2.45) is 5.92 Å². The Morgan fingerprint density at radius 2 is 2.08 bits per heavy atom. The molecule has 0 bridgehead atoms. The third-order valence-corrected chi connectivity index (χ3v) is 6.08. The summed E-state index contributed by atoms with van der Waals surface area (Å²) in [5.74, 6) is 0.109. The van der Waals surface area contributed by atoms with Gasteiger partial charge in [0.25, 0.3) is 0 Å². The molecule has 2 aromatic carbocycles. The molecule has 4 rings (SSSR count). The molecule has 0 radical (unpaired) electrons. The number of carbonyl (C=O) groups excluding carboxylic acids is 1. The van der Waals surface area contributed by atoms with Crippen LogP contribution in [0.25, 0.3) is 10.2 Å². The van der Waals surface area contributed by atoms with Crippen LogP contribution in [-0.2, 0) is 4.79 Å². The number of thiazole rings is 1. The van der Waals surface area contributed by atoms with Gasteiger partial charge in [0, 0.05) is 18.8 Å². The highest BCUT2D eigenvalue weighted by molar-refractivity contribution is 7.22. The van der Waals surface area contributed by atoms with E-state index in [2.05, 4.69) is 35.3 Å². The maximum atomic E-state index is 12.8. The average molecular weight is 366 g/mol. The largest absolute Gasteiger partial charge is 0.347 e. The lowest BCUT2D eigenvalue weighted by Gasteiger charge is -2.31. The van der Waals surface area contributed by atoms with E-state index in [9.17, 15) is 4.79 Å². The SMILES string of the molecule is Cc1ccc2nc(N3CCCC(C(=O)Nc4ccccc4C)C3)sc2c1. The zero-order chi connectivity index (χ0) is 18.1. The van der Waals surface area contributed by atoms with Crippen molar-refractivity contribution in [2.75, 3.05) is 23.3 Å². The molecule has 1 aliphatic heterocycles. The summed E-state index contributed by atoms with van der Waals surface area (Å²) in [6.45, 7) is 5.82. The number of nitrogens with zero attached hydrogens (tertiary/aromatic N) is 2. The van der Waals surface area contributed by atoms with Crippen molar-refractivity contribution in [1.82, 2.24) is 4.98 Å². The fourth-order valence-electron chi connectivity index (χ4n) is 3.47. The number of hydrogen-bond acceptors (Lipinski definition) is 4. The number of aryl methyl sites for hydroxylation is 2. The fraction of sp³-hybridized carbons (Fsp3) is 0.333. The molecule has 134 valence electrons. The van der Waals surface area contributed by atoms with Gasteiger partial charge in [0.1, 0.15) is 0 Å². The quantitative estimate of drug-likeness (QED) is 0.727. The van der Waals surface area contributed by atoms with Crippen LogP contribution in [0, 0.1) is 19.8 Å². The van der Waals surface area contributed by atoms with Crippen LogP contribution < -0.4 is 10.2 Å². The molecule has 0 saturated carbocycles. The van der Waals surface area contributed by atoms with Gasteiger partial charge >= 0.3 is 0 Å². The molecule has 1 N–H and O–H groups in total. The first kappa shape index (κ1) is 17.0. The normalized spacial score (nSPS) is 17.5. The van der Waals surface area contributed by atoms with E-state index in [1.165, 1.54) is 10.3 Å². The number of nitrogens with one attached hydrogen (secondary N) is 1. The maximum absolute atomic E-state index is 12.8. The lowest BCUT2D eigenvalue weighted by atomic mass is 9.97. The fourth-order valence-corrected chi connectivity index (χ4v) is 4.57. The Morgan fingerprint density at radius 3 is 2.92 bits per heavy atom. The second-order valence-corrected chi connectivity index (χ2v) is 8.07. The predicted molar refractivity (Wildman–Crippen MR) is 109 cm³/mol. The number of piperidine rings is 1. The number of rotatable bonds is 3. The lowest BCUT2D eigenvalue weighted by molar-refractivity contribution is -0.120. The Hall–Kier alpha value is -2.40. The topological polar surface area (TPSA) is 45.2 Å². The van der Waals surface area contributed by atoms with Crippen molar-refractivity contribution in [1.29, 1.82) is 0 Å². The van der Waals surface area contributed by atoms with Crippen LogP contribution in [0.15, 0.2) is 42.5 Å². The molecule has 4 nitrogen and oxygen atoms in total. The third kappa shape index (κ3) is 3.44. The molecule has 1 aromatic heterocycles. The molecule has 1 unspecified atom stereocenters. The van der Waals surface area contributed by atoms with Crippen LogP contribution >= 0.6 is 11.3 Å². The van der Waals surface area contributed by atoms with E-state index in [0.717, 1.165) is 47.8 Å². The van der Waals surface area contributed by atoms with Gasteiger partial charge in [-0.2, -0.15) is 0 Å². The highest BCUT2D eigenvalue weighted by Gasteiger charge is 2.27. The molecule has 1 saturated heterocycles. The summed E-state index contributed by atoms with van der Waals surface area (Å²) >= 11 is 1.72. The average Bonchev–Trinajstić information content (AvgIpc) is 3.07. The Balaban J connectivity index is 1.49. The number of benzene rings is 2. The summed E-state index contributed by atoms with van der Waals surface area (Å²) in [5.41, 5.74) is 4.30. The van der Waals surface area contributed by atoms with E-state index < -0.39 is 0 Å². The molecule has 2 heterocycles. The van der Waals surface area contributed by atoms with Gasteiger partial charge < -0.3 is 10.2 Å². The van der Waals surface area contributed by atoms with Crippen molar-refractivity contribution >= 4 is 38.3 Å². The first-order valence-corrected chi connectivity index (χ1v) is 9.90. The molecule has 1 fully saturated rings. The van der Waals surface area contributed by atoms with E-state index in [1.54, 1.807) is 11.3 Å². The highest BCUT2D eigenvalue weighted by Crippen LogP contribution is 2.32. The number of anilines is 2. The van der Waals surface area contributed by atoms with Crippen LogP contribution in [0.2, 0.25) is 0 Å². The third-order valence-electron chi connectivity index (χ3n) is 5.00. The summed E-state index contributed by atoms with van der Waals surface area (Å²) < 4.78 is 1.21. The molecule has 0 aliphatic carbocycles. The first-order valence-electron chi connectivity index (χ1n) is 9.09. The Bertz CT molecular complexity index is 949. The van der Waals surface area contributed by atoms with Crippen molar-refractivity contribution in [3.05, 3.63) is 53.6 Å². The summed E-state index contributed by atoms with van der Waals surface area (Å²) in [7, 11) is 0. The van der Waals surface area contributed by atoms with Gasteiger partial charge in [-0.15, -0.1) is 0 Å². The minimum Gasteiger partial charge on any atom is -0.347 e. The van der Waals surface area contributed by atoms with Crippen molar-refractivity contribution in [3.63, 3.8) is 0 Å². The molecule has 1 amide bonds. The van der Waals surface area contributed by atoms with Crippen LogP contribution in [0.3, 0.4) is 0 Å². The van der Waals surface area contributed by atoms with Gasteiger partial charge in [0.15, 0.2) is 5.13 Å². The number of fused-ring (bicyclic) bond motifs is 1. The van der Waals surface area contributed by atoms with Crippen molar-refractivity contribution < 1.29 is 4.79 Å². The van der Waals surface area contributed by atoms with Crippen LogP contribution in [0.4, 0.5) is 10.8 Å². The summed E-state index contributed by atoms with van der Waals surface area (Å²) in [6.07, 6.45) is 1.94. The van der Waals surface area contributed by atoms with E-state index >= 15 is 0 Å². The van der Waals surface area contributed by atoms with Gasteiger partial charge in [-0.3, -0.25) is 4.79 Å². The Labute approximate surface area is 157 Å². The number of amides is 1. The molecule has 1 atom stereocenters. The standard InChI is InChI=1S/C21H23N3OS/c1-14-9-10-18-19(12-14)26-21(23-18)24-11-5-7-16(13-24)20(25)22-17-8-4-3-6-15(17)2/h3-4,6,8-10,12,16H,5,7,11,13H2,1-2H3,(H,22,25). The van der Waals surface area contributed by atoms with E-state index in [4.69, 9.17) is 4.98 Å². The second kappa shape index (κ2) is 7.08. The number of carbonyl (C=O) groups is 1. The first-order chi connectivity index (χ1) is 12.6. The monoisotopic (exact) mass is 365 g/mol. The zero-order valence-corrected chi connectivity index (χ0v) is 16.0. The molecular weight excluding hydrogens is 342 g/mol. The summed E-state index contributed by atoms with van der Waals surface area (Å²) in [4.78, 5) is 19.8. The molecule has 1 aliphatic rings. The van der Waals surface area contributed by atoms with Crippen molar-refractivity contribution in [2.45, 2.75) is 26.7 Å². The molecule has 26 heavy (non-hydrogen) atoms. The summed E-state index contributed by atoms with van der Waals surface area (Å²) in [5, 5.41) is 4.13.